The molecule has 0 unspecified atom stereocenters. The molecule has 158 valence electrons. The van der Waals surface area contributed by atoms with E-state index in [0.717, 1.165) is 5.56 Å². The number of rotatable bonds is 10. The maximum Gasteiger partial charge on any atom is 0.323 e. The van der Waals surface area contributed by atoms with Crippen LogP contribution >= 0.6 is 12.4 Å². The van der Waals surface area contributed by atoms with Crippen LogP contribution < -0.4 is 11.1 Å². The number of carboxylic acid groups (broad SMARTS) is 1. The van der Waals surface area contributed by atoms with E-state index in [1.807, 2.05) is 6.92 Å². The summed E-state index contributed by atoms with van der Waals surface area (Å²) in [6, 6.07) is 6.55. The Kier molecular flexibility index (Phi) is 9.46. The fourth-order valence-corrected chi connectivity index (χ4v) is 2.42. The number of nitrogens with zero attached hydrogens (tertiary/aromatic N) is 4. The zero-order chi connectivity index (χ0) is 20.5. The average Bonchev–Trinajstić information content (AvgIpc) is 3.08. The molecule has 1 heterocycles. The van der Waals surface area contributed by atoms with E-state index in [9.17, 15) is 9.59 Å². The minimum Gasteiger partial charge on any atom is -0.497 e. The van der Waals surface area contributed by atoms with Crippen molar-refractivity contribution >= 4 is 30.1 Å². The summed E-state index contributed by atoms with van der Waals surface area (Å²) in [5.74, 6) is -0.571. The molecule has 0 aliphatic carbocycles. The number of amides is 2. The van der Waals surface area contributed by atoms with Crippen molar-refractivity contribution < 1.29 is 19.4 Å². The third-order valence-corrected chi connectivity index (χ3v) is 3.66. The lowest BCUT2D eigenvalue weighted by atomic mass is 10.2. The number of halogens is 1. The second-order valence-electron chi connectivity index (χ2n) is 6.03. The van der Waals surface area contributed by atoms with Crippen LogP contribution in [0.5, 0.6) is 0 Å². The van der Waals surface area contributed by atoms with Crippen molar-refractivity contribution in [3.8, 4) is 0 Å². The number of hydrogen-bond acceptors (Lipinski definition) is 6. The van der Waals surface area contributed by atoms with E-state index in [1.54, 1.807) is 35.1 Å². The van der Waals surface area contributed by atoms with E-state index in [4.69, 9.17) is 15.6 Å². The third kappa shape index (κ3) is 8.09. The van der Waals surface area contributed by atoms with Gasteiger partial charge in [-0.25, -0.2) is 9.48 Å². The molecule has 0 fully saturated rings. The number of carbonyl (C=O) groups excluding carboxylic acids is 1. The second kappa shape index (κ2) is 11.5. The zero-order valence-electron chi connectivity index (χ0n) is 16.1. The predicted molar refractivity (Wildman–Crippen MR) is 109 cm³/mol. The number of aliphatic carboxylic acids is 1. The Balaban J connectivity index is 0.00000420. The number of anilines is 1. The Morgan fingerprint density at radius 2 is 2.00 bits per heavy atom. The highest BCUT2D eigenvalue weighted by molar-refractivity contribution is 5.85. The van der Waals surface area contributed by atoms with Gasteiger partial charge in [0.15, 0.2) is 0 Å². The van der Waals surface area contributed by atoms with Gasteiger partial charge in [0, 0.05) is 12.2 Å². The van der Waals surface area contributed by atoms with Gasteiger partial charge in [-0.05, 0) is 24.6 Å². The predicted octanol–water partition coefficient (Wildman–Crippen LogP) is 1.63. The fourth-order valence-electron chi connectivity index (χ4n) is 2.42. The molecule has 0 spiro atoms. The van der Waals surface area contributed by atoms with E-state index >= 15 is 0 Å². The van der Waals surface area contributed by atoms with Crippen LogP contribution in [0.15, 0.2) is 42.8 Å². The lowest BCUT2D eigenvalue weighted by Crippen LogP contribution is -2.41. The maximum atomic E-state index is 12.4. The number of carbonyl (C=O) groups is 2. The number of nitrogens with two attached hydrogens (primary N) is 1. The number of allylic oxidation sites excluding steroid dienone is 1. The zero-order valence-corrected chi connectivity index (χ0v) is 16.9. The minimum atomic E-state index is -1.12. The third-order valence-electron chi connectivity index (χ3n) is 3.66. The molecule has 1 aromatic heterocycles. The van der Waals surface area contributed by atoms with Crippen LogP contribution in [0.2, 0.25) is 0 Å². The first kappa shape index (κ1) is 23.8. The molecule has 0 aliphatic heterocycles. The highest BCUT2D eigenvalue weighted by atomic mass is 35.5. The number of urea groups is 1. The van der Waals surface area contributed by atoms with Crippen molar-refractivity contribution in [2.24, 2.45) is 0 Å². The second-order valence-corrected chi connectivity index (χ2v) is 6.03. The SMILES string of the molecule is C=C(Cn1cc(CN(Cc2ccc(N)cc2)C(=O)NCC(=O)O)nn1)OCC.Cl. The summed E-state index contributed by atoms with van der Waals surface area (Å²) in [7, 11) is 0. The highest BCUT2D eigenvalue weighted by Gasteiger charge is 2.17. The van der Waals surface area contributed by atoms with Crippen molar-refractivity contribution in [3.05, 3.63) is 54.1 Å². The molecular weight excluding hydrogens is 400 g/mol. The lowest BCUT2D eigenvalue weighted by molar-refractivity contribution is -0.135. The smallest absolute Gasteiger partial charge is 0.323 e. The monoisotopic (exact) mass is 424 g/mol. The van der Waals surface area contributed by atoms with Crippen molar-refractivity contribution in [1.29, 1.82) is 0 Å². The molecule has 10 nitrogen and oxygen atoms in total. The Morgan fingerprint density at radius 3 is 2.62 bits per heavy atom. The van der Waals surface area contributed by atoms with Gasteiger partial charge in [0.2, 0.25) is 0 Å². The van der Waals surface area contributed by atoms with Crippen LogP contribution in [0, 0.1) is 0 Å². The first-order chi connectivity index (χ1) is 13.4. The first-order valence-electron chi connectivity index (χ1n) is 8.66. The summed E-state index contributed by atoms with van der Waals surface area (Å²) in [4.78, 5) is 24.6. The minimum absolute atomic E-state index is 0. The van der Waals surface area contributed by atoms with E-state index in [2.05, 4.69) is 22.2 Å². The summed E-state index contributed by atoms with van der Waals surface area (Å²) in [6.07, 6.45) is 1.69. The molecule has 4 N–H and O–H groups in total. The molecule has 0 aliphatic rings. The number of benzene rings is 1. The summed E-state index contributed by atoms with van der Waals surface area (Å²) >= 11 is 0. The highest BCUT2D eigenvalue weighted by Crippen LogP contribution is 2.11. The molecule has 1 aromatic carbocycles. The average molecular weight is 425 g/mol. The quantitative estimate of drug-likeness (QED) is 0.389. The van der Waals surface area contributed by atoms with Crippen molar-refractivity contribution in [3.63, 3.8) is 0 Å². The molecule has 29 heavy (non-hydrogen) atoms. The van der Waals surface area contributed by atoms with Crippen LogP contribution in [0.1, 0.15) is 18.2 Å². The van der Waals surface area contributed by atoms with Crippen molar-refractivity contribution in [1.82, 2.24) is 25.2 Å². The number of nitrogens with one attached hydrogen (secondary N) is 1. The summed E-state index contributed by atoms with van der Waals surface area (Å²) < 4.78 is 6.85. The number of aromatic nitrogens is 3. The Morgan fingerprint density at radius 1 is 1.31 bits per heavy atom. The van der Waals surface area contributed by atoms with Gasteiger partial charge in [0.25, 0.3) is 0 Å². The molecule has 0 atom stereocenters. The van der Waals surface area contributed by atoms with Gasteiger partial charge in [-0.1, -0.05) is 23.9 Å². The molecule has 2 rings (SSSR count). The van der Waals surface area contributed by atoms with Gasteiger partial charge in [-0.2, -0.15) is 0 Å². The molecule has 11 heteroatoms. The Labute approximate surface area is 174 Å². The van der Waals surface area contributed by atoms with Crippen LogP contribution in [-0.2, 0) is 29.2 Å². The number of nitrogen functional groups attached to an aromatic ring is 1. The largest absolute Gasteiger partial charge is 0.497 e. The number of hydrogen-bond donors (Lipinski definition) is 3. The standard InChI is InChI=1S/C18H24N6O4.ClH/c1-3-28-13(2)9-24-12-16(21-22-24)11-23(18(27)20-8-17(25)26)10-14-4-6-15(19)7-5-14;/h4-7,12H,2-3,8-11,19H2,1H3,(H,20,27)(H,25,26);1H. The first-order valence-corrected chi connectivity index (χ1v) is 8.66. The van der Waals surface area contributed by atoms with Crippen LogP contribution in [0.25, 0.3) is 0 Å². The Bertz CT molecular complexity index is 824. The van der Waals surface area contributed by atoms with Crippen LogP contribution in [-0.4, -0.2) is 50.2 Å². The van der Waals surface area contributed by atoms with Gasteiger partial charge in [-0.15, -0.1) is 17.5 Å². The summed E-state index contributed by atoms with van der Waals surface area (Å²) in [5.41, 5.74) is 7.69. The molecule has 2 aromatic rings. The topological polar surface area (TPSA) is 136 Å². The summed E-state index contributed by atoms with van der Waals surface area (Å²) in [5, 5.41) is 19.2. The van der Waals surface area contributed by atoms with E-state index in [1.165, 1.54) is 4.90 Å². The molecule has 0 bridgehead atoms. The fraction of sp³-hybridized carbons (Fsp3) is 0.333. The van der Waals surface area contributed by atoms with Gasteiger partial charge >= 0.3 is 12.0 Å². The van der Waals surface area contributed by atoms with E-state index in [-0.39, 0.29) is 25.5 Å². The maximum absolute atomic E-state index is 12.4. The Hall–Kier alpha value is -3.27. The molecule has 0 saturated heterocycles. The van der Waals surface area contributed by atoms with Crippen molar-refractivity contribution in [2.75, 3.05) is 18.9 Å². The van der Waals surface area contributed by atoms with Gasteiger partial charge in [-0.3, -0.25) is 4.79 Å². The van der Waals surface area contributed by atoms with Gasteiger partial charge in [0.05, 0.1) is 25.9 Å². The van der Waals surface area contributed by atoms with Gasteiger partial charge < -0.3 is 25.8 Å². The molecule has 0 saturated carbocycles. The summed E-state index contributed by atoms with van der Waals surface area (Å²) in [6.45, 7) is 6.45. The molecule has 0 radical (unpaired) electrons. The normalized spacial score (nSPS) is 9.97. The van der Waals surface area contributed by atoms with E-state index < -0.39 is 18.5 Å². The van der Waals surface area contributed by atoms with Gasteiger partial charge in [0.1, 0.15) is 18.0 Å². The molecule has 2 amide bonds. The van der Waals surface area contributed by atoms with Crippen LogP contribution in [0.3, 0.4) is 0 Å². The van der Waals surface area contributed by atoms with E-state index in [0.29, 0.717) is 30.3 Å². The number of ether oxygens (including phenoxy) is 1. The van der Waals surface area contributed by atoms with Crippen LogP contribution in [0.4, 0.5) is 10.5 Å². The van der Waals surface area contributed by atoms with Crippen molar-refractivity contribution in [2.45, 2.75) is 26.6 Å². The number of carboxylic acids is 1. The molecular formula is C18H25ClN6O4. The lowest BCUT2D eigenvalue weighted by Gasteiger charge is -2.22.